The molecule has 1 aliphatic carbocycles. The minimum atomic E-state index is -0.498. The van der Waals surface area contributed by atoms with Crippen LogP contribution in [-0.4, -0.2) is 0 Å². The van der Waals surface area contributed by atoms with E-state index in [1.165, 1.54) is 71.3 Å². The van der Waals surface area contributed by atoms with E-state index in [1.54, 1.807) is 0 Å². The molecule has 0 atom stereocenters. The van der Waals surface area contributed by atoms with Crippen LogP contribution in [0.4, 0.5) is 34.1 Å². The van der Waals surface area contributed by atoms with Crippen LogP contribution >= 0.6 is 0 Å². The van der Waals surface area contributed by atoms with E-state index in [4.69, 9.17) is 0 Å². The molecule has 2 nitrogen and oxygen atoms in total. The number of para-hydroxylation sites is 1. The molecule has 0 amide bonds. The fourth-order valence-corrected chi connectivity index (χ4v) is 11.2. The third-order valence-corrected chi connectivity index (χ3v) is 14.3. The standard InChI is InChI=1S/C67H46N2/c1-4-22-52(23-5-1)67(53-24-6-2-7-25-53)64-31-17-16-29-61(64)62-41-40-58(46-65(62)67)68(54-26-8-3-9-27-54)55-36-34-49(35-37-55)59-42-43-66(63-30-15-14-28-60(59)63)69(56-38-32-47-18-10-12-20-50(47)44-56)57-39-33-48-19-11-13-21-51(48)45-57/h1-46H. The van der Waals surface area contributed by atoms with E-state index in [-0.39, 0.29) is 0 Å². The van der Waals surface area contributed by atoms with Gasteiger partial charge in [-0.05, 0) is 138 Å². The van der Waals surface area contributed by atoms with E-state index < -0.39 is 5.41 Å². The highest BCUT2D eigenvalue weighted by Gasteiger charge is 2.46. The third kappa shape index (κ3) is 6.72. The molecule has 0 spiro atoms. The van der Waals surface area contributed by atoms with Crippen LogP contribution in [0.2, 0.25) is 0 Å². The molecule has 12 aromatic carbocycles. The molecule has 0 aromatic heterocycles. The SMILES string of the molecule is c1ccc(N(c2ccc(-c3ccc(N(c4ccc5ccccc5c4)c4ccc5ccccc5c4)c4ccccc34)cc2)c2ccc3c(c2)C(c2ccccc2)(c2ccccc2)c2ccccc2-3)cc1. The molecule has 0 radical (unpaired) electrons. The minimum absolute atomic E-state index is 0.498. The van der Waals surface area contributed by atoms with Crippen molar-refractivity contribution in [2.75, 3.05) is 9.80 Å². The molecule has 0 saturated carbocycles. The molecule has 69 heavy (non-hydrogen) atoms. The van der Waals surface area contributed by atoms with Crippen LogP contribution in [0.15, 0.2) is 279 Å². The van der Waals surface area contributed by atoms with Crippen LogP contribution < -0.4 is 9.80 Å². The van der Waals surface area contributed by atoms with Gasteiger partial charge in [-0.2, -0.15) is 0 Å². The monoisotopic (exact) mass is 878 g/mol. The second-order valence-electron chi connectivity index (χ2n) is 18.1. The largest absolute Gasteiger partial charge is 0.310 e. The molecule has 0 unspecified atom stereocenters. The van der Waals surface area contributed by atoms with E-state index in [2.05, 4.69) is 289 Å². The number of nitrogens with zero attached hydrogens (tertiary/aromatic N) is 2. The van der Waals surface area contributed by atoms with Gasteiger partial charge in [-0.1, -0.05) is 212 Å². The first-order valence-corrected chi connectivity index (χ1v) is 23.8. The normalized spacial score (nSPS) is 12.5. The minimum Gasteiger partial charge on any atom is -0.310 e. The van der Waals surface area contributed by atoms with Gasteiger partial charge in [-0.15, -0.1) is 0 Å². The second kappa shape index (κ2) is 16.7. The van der Waals surface area contributed by atoms with Crippen molar-refractivity contribution in [2.45, 2.75) is 5.41 Å². The Morgan fingerprint density at radius 2 is 0.696 bits per heavy atom. The average molecular weight is 879 g/mol. The van der Waals surface area contributed by atoms with Crippen molar-refractivity contribution in [3.8, 4) is 22.3 Å². The van der Waals surface area contributed by atoms with Crippen molar-refractivity contribution in [1.82, 2.24) is 0 Å². The maximum absolute atomic E-state index is 2.44. The lowest BCUT2D eigenvalue weighted by atomic mass is 9.67. The van der Waals surface area contributed by atoms with Crippen molar-refractivity contribution < 1.29 is 0 Å². The zero-order chi connectivity index (χ0) is 45.7. The predicted molar refractivity (Wildman–Crippen MR) is 291 cm³/mol. The van der Waals surface area contributed by atoms with Crippen LogP contribution in [0.25, 0.3) is 54.6 Å². The van der Waals surface area contributed by atoms with E-state index in [0.717, 1.165) is 39.7 Å². The van der Waals surface area contributed by atoms with Crippen LogP contribution in [0, 0.1) is 0 Å². The Morgan fingerprint density at radius 3 is 1.33 bits per heavy atom. The van der Waals surface area contributed by atoms with Gasteiger partial charge in [-0.25, -0.2) is 0 Å². The summed E-state index contributed by atoms with van der Waals surface area (Å²) >= 11 is 0. The number of fused-ring (bicyclic) bond motifs is 6. The molecule has 0 heterocycles. The van der Waals surface area contributed by atoms with Gasteiger partial charge in [0.15, 0.2) is 0 Å². The van der Waals surface area contributed by atoms with Crippen LogP contribution in [-0.2, 0) is 5.41 Å². The first-order valence-electron chi connectivity index (χ1n) is 23.8. The fourth-order valence-electron chi connectivity index (χ4n) is 11.2. The number of rotatable bonds is 9. The van der Waals surface area contributed by atoms with E-state index in [1.807, 2.05) is 0 Å². The van der Waals surface area contributed by atoms with Crippen molar-refractivity contribution in [3.63, 3.8) is 0 Å². The summed E-state index contributed by atoms with van der Waals surface area (Å²) in [7, 11) is 0. The molecule has 0 aliphatic heterocycles. The van der Waals surface area contributed by atoms with Gasteiger partial charge in [0, 0.05) is 33.8 Å². The Morgan fingerprint density at radius 1 is 0.246 bits per heavy atom. The summed E-state index contributed by atoms with van der Waals surface area (Å²) in [5.74, 6) is 0. The molecule has 0 bridgehead atoms. The first-order chi connectivity index (χ1) is 34.2. The van der Waals surface area contributed by atoms with Crippen molar-refractivity contribution >= 4 is 66.4 Å². The molecule has 2 heteroatoms. The smallest absolute Gasteiger partial charge is 0.0714 e. The van der Waals surface area contributed by atoms with Crippen LogP contribution in [0.3, 0.4) is 0 Å². The number of anilines is 6. The molecular weight excluding hydrogens is 833 g/mol. The summed E-state index contributed by atoms with van der Waals surface area (Å²) in [5.41, 5.74) is 16.2. The van der Waals surface area contributed by atoms with Crippen molar-refractivity contribution in [3.05, 3.63) is 301 Å². The predicted octanol–water partition coefficient (Wildman–Crippen LogP) is 18.1. The Hall–Kier alpha value is -8.98. The Balaban J connectivity index is 0.937. The Labute approximate surface area is 403 Å². The Kier molecular flexibility index (Phi) is 9.77. The summed E-state index contributed by atoms with van der Waals surface area (Å²) in [6, 6.07) is 102. The van der Waals surface area contributed by atoms with Crippen molar-refractivity contribution in [2.24, 2.45) is 0 Å². The molecule has 13 rings (SSSR count). The lowest BCUT2D eigenvalue weighted by molar-refractivity contribution is 0.768. The van der Waals surface area contributed by atoms with Gasteiger partial charge < -0.3 is 9.80 Å². The molecule has 0 saturated heterocycles. The lowest BCUT2D eigenvalue weighted by Gasteiger charge is -2.35. The summed E-state index contributed by atoms with van der Waals surface area (Å²) in [6.45, 7) is 0. The summed E-state index contributed by atoms with van der Waals surface area (Å²) in [4.78, 5) is 4.82. The zero-order valence-corrected chi connectivity index (χ0v) is 38.0. The van der Waals surface area contributed by atoms with Gasteiger partial charge in [0.05, 0.1) is 11.1 Å². The van der Waals surface area contributed by atoms with E-state index in [9.17, 15) is 0 Å². The molecule has 1 aliphatic rings. The maximum atomic E-state index is 2.44. The second-order valence-corrected chi connectivity index (χ2v) is 18.1. The molecular formula is C67H46N2. The number of hydrogen-bond donors (Lipinski definition) is 0. The van der Waals surface area contributed by atoms with Crippen LogP contribution in [0.1, 0.15) is 22.3 Å². The van der Waals surface area contributed by atoms with Gasteiger partial charge >= 0.3 is 0 Å². The van der Waals surface area contributed by atoms with Crippen molar-refractivity contribution in [1.29, 1.82) is 0 Å². The summed E-state index contributed by atoms with van der Waals surface area (Å²) in [5, 5.41) is 7.26. The van der Waals surface area contributed by atoms with Gasteiger partial charge in [0.25, 0.3) is 0 Å². The average Bonchev–Trinajstić information content (AvgIpc) is 3.72. The molecule has 324 valence electrons. The molecule has 0 fully saturated rings. The van der Waals surface area contributed by atoms with E-state index in [0.29, 0.717) is 0 Å². The lowest BCUT2D eigenvalue weighted by Crippen LogP contribution is -2.28. The number of benzene rings is 12. The number of hydrogen-bond acceptors (Lipinski definition) is 2. The molecule has 0 N–H and O–H groups in total. The zero-order valence-electron chi connectivity index (χ0n) is 38.0. The highest BCUT2D eigenvalue weighted by Crippen LogP contribution is 2.57. The quantitative estimate of drug-likeness (QED) is 0.143. The topological polar surface area (TPSA) is 6.48 Å². The van der Waals surface area contributed by atoms with Gasteiger partial charge in [-0.3, -0.25) is 0 Å². The van der Waals surface area contributed by atoms with Gasteiger partial charge in [0.2, 0.25) is 0 Å². The third-order valence-electron chi connectivity index (χ3n) is 14.3. The summed E-state index contributed by atoms with van der Waals surface area (Å²) < 4.78 is 0. The first kappa shape index (κ1) is 40.3. The highest BCUT2D eigenvalue weighted by atomic mass is 15.1. The highest BCUT2D eigenvalue weighted by molar-refractivity contribution is 6.07. The van der Waals surface area contributed by atoms with E-state index >= 15 is 0 Å². The van der Waals surface area contributed by atoms with Gasteiger partial charge in [0.1, 0.15) is 0 Å². The summed E-state index contributed by atoms with van der Waals surface area (Å²) in [6.07, 6.45) is 0. The fraction of sp³-hybridized carbons (Fsp3) is 0.0149. The van der Waals surface area contributed by atoms with Crippen LogP contribution in [0.5, 0.6) is 0 Å². The molecule has 12 aromatic rings. The Bertz CT molecular complexity index is 3720. The maximum Gasteiger partial charge on any atom is 0.0714 e.